The highest BCUT2D eigenvalue weighted by molar-refractivity contribution is 5.80. The van der Waals surface area contributed by atoms with Crippen LogP contribution in [-0.2, 0) is 6.54 Å². The molecule has 130 valence electrons. The SMILES string of the molecule is CCNC(=NCCCCn1cnnc1)NC(C)c1ccccc1C. The van der Waals surface area contributed by atoms with E-state index >= 15 is 0 Å². The number of nitrogens with zero attached hydrogens (tertiary/aromatic N) is 4. The lowest BCUT2D eigenvalue weighted by Crippen LogP contribution is -2.39. The lowest BCUT2D eigenvalue weighted by molar-refractivity contribution is 0.609. The smallest absolute Gasteiger partial charge is 0.191 e. The topological polar surface area (TPSA) is 67.1 Å². The van der Waals surface area contributed by atoms with Gasteiger partial charge in [0.05, 0.1) is 6.04 Å². The number of nitrogens with one attached hydrogen (secondary N) is 2. The maximum Gasteiger partial charge on any atom is 0.191 e. The summed E-state index contributed by atoms with van der Waals surface area (Å²) < 4.78 is 1.99. The van der Waals surface area contributed by atoms with E-state index < -0.39 is 0 Å². The zero-order chi connectivity index (χ0) is 17.2. The second kappa shape index (κ2) is 9.70. The molecule has 0 aliphatic rings. The van der Waals surface area contributed by atoms with Gasteiger partial charge in [-0.2, -0.15) is 0 Å². The van der Waals surface area contributed by atoms with Crippen LogP contribution in [0.1, 0.15) is 43.9 Å². The van der Waals surface area contributed by atoms with Crippen molar-refractivity contribution in [3.63, 3.8) is 0 Å². The van der Waals surface area contributed by atoms with Crippen molar-refractivity contribution >= 4 is 5.96 Å². The number of aromatic nitrogens is 3. The molecule has 0 radical (unpaired) electrons. The van der Waals surface area contributed by atoms with Gasteiger partial charge in [0.15, 0.2) is 5.96 Å². The molecule has 0 saturated carbocycles. The van der Waals surface area contributed by atoms with Gasteiger partial charge >= 0.3 is 0 Å². The second-order valence-corrected chi connectivity index (χ2v) is 5.89. The van der Waals surface area contributed by atoms with Crippen LogP contribution in [0.5, 0.6) is 0 Å². The molecule has 0 aliphatic carbocycles. The van der Waals surface area contributed by atoms with Crippen LogP contribution in [0, 0.1) is 6.92 Å². The molecule has 24 heavy (non-hydrogen) atoms. The highest BCUT2D eigenvalue weighted by atomic mass is 15.2. The minimum atomic E-state index is 0.223. The van der Waals surface area contributed by atoms with Gasteiger partial charge in [0.2, 0.25) is 0 Å². The van der Waals surface area contributed by atoms with E-state index in [2.05, 4.69) is 70.9 Å². The lowest BCUT2D eigenvalue weighted by atomic mass is 10.0. The number of aliphatic imine (C=N–C) groups is 1. The van der Waals surface area contributed by atoms with Crippen molar-refractivity contribution in [1.82, 2.24) is 25.4 Å². The van der Waals surface area contributed by atoms with Crippen molar-refractivity contribution in [2.24, 2.45) is 4.99 Å². The van der Waals surface area contributed by atoms with Gasteiger partial charge < -0.3 is 15.2 Å². The van der Waals surface area contributed by atoms with Crippen LogP contribution < -0.4 is 10.6 Å². The molecule has 2 N–H and O–H groups in total. The van der Waals surface area contributed by atoms with E-state index in [1.807, 2.05) is 4.57 Å². The van der Waals surface area contributed by atoms with Crippen molar-refractivity contribution in [2.75, 3.05) is 13.1 Å². The summed E-state index contributed by atoms with van der Waals surface area (Å²) >= 11 is 0. The Morgan fingerprint density at radius 3 is 2.67 bits per heavy atom. The summed E-state index contributed by atoms with van der Waals surface area (Å²) in [5.41, 5.74) is 2.60. The van der Waals surface area contributed by atoms with Crippen LogP contribution in [0.2, 0.25) is 0 Å². The lowest BCUT2D eigenvalue weighted by Gasteiger charge is -2.19. The number of guanidine groups is 1. The normalized spacial score (nSPS) is 12.9. The largest absolute Gasteiger partial charge is 0.357 e. The van der Waals surface area contributed by atoms with Crippen LogP contribution in [0.4, 0.5) is 0 Å². The number of unbranched alkanes of at least 4 members (excludes halogenated alkanes) is 1. The maximum atomic E-state index is 4.68. The molecule has 0 aliphatic heterocycles. The van der Waals surface area contributed by atoms with Crippen molar-refractivity contribution in [2.45, 2.75) is 46.2 Å². The number of hydrogen-bond donors (Lipinski definition) is 2. The van der Waals surface area contributed by atoms with Gasteiger partial charge in [-0.3, -0.25) is 4.99 Å². The summed E-state index contributed by atoms with van der Waals surface area (Å²) in [4.78, 5) is 4.68. The number of rotatable bonds is 8. The molecule has 1 aromatic heterocycles. The highest BCUT2D eigenvalue weighted by Crippen LogP contribution is 2.16. The minimum Gasteiger partial charge on any atom is -0.357 e. The van der Waals surface area contributed by atoms with Gasteiger partial charge in [0.25, 0.3) is 0 Å². The van der Waals surface area contributed by atoms with Crippen molar-refractivity contribution < 1.29 is 0 Å². The molecule has 0 amide bonds. The Bertz CT molecular complexity index is 620. The molecule has 1 aromatic carbocycles. The third-order valence-electron chi connectivity index (χ3n) is 3.91. The molecule has 0 saturated heterocycles. The average molecular weight is 328 g/mol. The quantitative estimate of drug-likeness (QED) is 0.444. The van der Waals surface area contributed by atoms with E-state index in [0.717, 1.165) is 38.4 Å². The summed E-state index contributed by atoms with van der Waals surface area (Å²) in [6, 6.07) is 8.68. The number of benzene rings is 1. The fourth-order valence-electron chi connectivity index (χ4n) is 2.61. The molecular formula is C18H28N6. The Kier molecular flexibility index (Phi) is 7.26. The van der Waals surface area contributed by atoms with E-state index in [4.69, 9.17) is 0 Å². The van der Waals surface area contributed by atoms with Gasteiger partial charge in [-0.25, -0.2) is 0 Å². The maximum absolute atomic E-state index is 4.68. The fraction of sp³-hybridized carbons (Fsp3) is 0.500. The number of hydrogen-bond acceptors (Lipinski definition) is 3. The molecule has 2 aromatic rings. The molecule has 2 rings (SSSR count). The molecule has 0 bridgehead atoms. The van der Waals surface area contributed by atoms with Gasteiger partial charge in [0.1, 0.15) is 12.7 Å². The zero-order valence-corrected chi connectivity index (χ0v) is 14.9. The van der Waals surface area contributed by atoms with Crippen LogP contribution in [0.3, 0.4) is 0 Å². The molecule has 6 nitrogen and oxygen atoms in total. The first-order chi connectivity index (χ1) is 11.7. The van der Waals surface area contributed by atoms with Gasteiger partial charge in [-0.05, 0) is 44.7 Å². The van der Waals surface area contributed by atoms with Crippen LogP contribution in [0.15, 0.2) is 41.9 Å². The Morgan fingerprint density at radius 1 is 1.21 bits per heavy atom. The first-order valence-corrected chi connectivity index (χ1v) is 8.63. The summed E-state index contributed by atoms with van der Waals surface area (Å²) in [6.07, 6.45) is 5.60. The van der Waals surface area contributed by atoms with Gasteiger partial charge in [-0.1, -0.05) is 24.3 Å². The molecule has 1 atom stereocenters. The average Bonchev–Trinajstić information content (AvgIpc) is 3.08. The molecular weight excluding hydrogens is 300 g/mol. The van der Waals surface area contributed by atoms with Crippen molar-refractivity contribution in [1.29, 1.82) is 0 Å². The monoisotopic (exact) mass is 328 g/mol. The van der Waals surface area contributed by atoms with E-state index in [0.29, 0.717) is 0 Å². The predicted molar refractivity (Wildman–Crippen MR) is 98.0 cm³/mol. The molecule has 1 unspecified atom stereocenters. The molecule has 0 fully saturated rings. The van der Waals surface area contributed by atoms with Crippen LogP contribution >= 0.6 is 0 Å². The second-order valence-electron chi connectivity index (χ2n) is 5.89. The Balaban J connectivity index is 1.82. The zero-order valence-electron chi connectivity index (χ0n) is 14.9. The van der Waals surface area contributed by atoms with Crippen LogP contribution in [-0.4, -0.2) is 33.8 Å². The van der Waals surface area contributed by atoms with Crippen molar-refractivity contribution in [3.8, 4) is 0 Å². The summed E-state index contributed by atoms with van der Waals surface area (Å²) in [5.74, 6) is 0.873. The Morgan fingerprint density at radius 2 is 1.96 bits per heavy atom. The van der Waals surface area contributed by atoms with Crippen LogP contribution in [0.25, 0.3) is 0 Å². The summed E-state index contributed by atoms with van der Waals surface area (Å²) in [7, 11) is 0. The summed E-state index contributed by atoms with van der Waals surface area (Å²) in [5, 5.41) is 14.4. The third-order valence-corrected chi connectivity index (χ3v) is 3.91. The predicted octanol–water partition coefficient (Wildman–Crippen LogP) is 2.68. The van der Waals surface area contributed by atoms with Gasteiger partial charge in [0, 0.05) is 19.6 Å². The van der Waals surface area contributed by atoms with E-state index in [-0.39, 0.29) is 6.04 Å². The molecule has 6 heteroatoms. The van der Waals surface area contributed by atoms with E-state index in [1.54, 1.807) is 12.7 Å². The minimum absolute atomic E-state index is 0.223. The Labute approximate surface area is 144 Å². The van der Waals surface area contributed by atoms with Crippen molar-refractivity contribution in [3.05, 3.63) is 48.0 Å². The highest BCUT2D eigenvalue weighted by Gasteiger charge is 2.09. The van der Waals surface area contributed by atoms with E-state index in [1.165, 1.54) is 11.1 Å². The fourth-order valence-corrected chi connectivity index (χ4v) is 2.61. The third kappa shape index (κ3) is 5.68. The summed E-state index contributed by atoms with van der Waals surface area (Å²) in [6.45, 7) is 8.99. The standard InChI is InChI=1S/C18H28N6/c1-4-19-18(20-11-7-8-12-24-13-21-22-14-24)23-16(3)17-10-6-5-9-15(17)2/h5-6,9-10,13-14,16H,4,7-8,11-12H2,1-3H3,(H2,19,20,23). The first kappa shape index (κ1) is 18.0. The molecule has 1 heterocycles. The van der Waals surface area contributed by atoms with Gasteiger partial charge in [-0.15, -0.1) is 10.2 Å². The first-order valence-electron chi connectivity index (χ1n) is 8.63. The Hall–Kier alpha value is -2.37. The van der Waals surface area contributed by atoms with E-state index in [9.17, 15) is 0 Å². The number of aryl methyl sites for hydroxylation is 2. The molecule has 0 spiro atoms.